The molecule has 0 atom stereocenters. The topological polar surface area (TPSA) is 42.9 Å². The molecule has 10 heavy (non-hydrogen) atoms. The maximum absolute atomic E-state index is 10.9. The van der Waals surface area contributed by atoms with E-state index in [1.807, 2.05) is 0 Å². The molecule has 0 radical (unpaired) electrons. The molecule has 0 aliphatic rings. The molecule has 1 aromatic rings. The van der Waals surface area contributed by atoms with Crippen LogP contribution in [0.4, 0.5) is 0 Å². The standard InChI is InChI=1S/C6H5BrN2O/c7-4-6(10)5-2-1-3-8-9-5/h1-3H,4H2. The molecule has 1 heterocycles. The minimum atomic E-state index is -0.0481. The molecule has 0 N–H and O–H groups in total. The van der Waals surface area contributed by atoms with E-state index >= 15 is 0 Å². The van der Waals surface area contributed by atoms with Gasteiger partial charge in [0.2, 0.25) is 0 Å². The zero-order chi connectivity index (χ0) is 7.40. The van der Waals surface area contributed by atoms with Gasteiger partial charge in [0.25, 0.3) is 0 Å². The number of Topliss-reactive ketones (excluding diaryl/α,β-unsaturated/α-hetero) is 1. The average molecular weight is 201 g/mol. The highest BCUT2D eigenvalue weighted by atomic mass is 79.9. The number of rotatable bonds is 2. The summed E-state index contributed by atoms with van der Waals surface area (Å²) >= 11 is 3.03. The molecular weight excluding hydrogens is 196 g/mol. The van der Waals surface area contributed by atoms with Gasteiger partial charge in [-0.3, -0.25) is 4.79 Å². The van der Waals surface area contributed by atoms with Gasteiger partial charge in [-0.05, 0) is 12.1 Å². The summed E-state index contributed by atoms with van der Waals surface area (Å²) in [5.74, 6) is -0.0481. The van der Waals surface area contributed by atoms with Crippen LogP contribution in [0.25, 0.3) is 0 Å². The van der Waals surface area contributed by atoms with Crippen molar-refractivity contribution in [3.05, 3.63) is 24.0 Å². The normalized spacial score (nSPS) is 9.30. The van der Waals surface area contributed by atoms with E-state index in [2.05, 4.69) is 26.1 Å². The SMILES string of the molecule is O=C(CBr)c1cccnn1. The lowest BCUT2D eigenvalue weighted by molar-refractivity contribution is 0.101. The van der Waals surface area contributed by atoms with E-state index in [1.54, 1.807) is 12.1 Å². The maximum Gasteiger partial charge on any atom is 0.193 e. The predicted molar refractivity (Wildman–Crippen MR) is 40.2 cm³/mol. The van der Waals surface area contributed by atoms with Gasteiger partial charge in [0, 0.05) is 6.20 Å². The minimum absolute atomic E-state index is 0.0481. The number of hydrogen-bond donors (Lipinski definition) is 0. The third-order valence-electron chi connectivity index (χ3n) is 0.979. The number of aromatic nitrogens is 2. The average Bonchev–Trinajstić information content (AvgIpc) is 2.05. The van der Waals surface area contributed by atoms with Gasteiger partial charge in [0.15, 0.2) is 5.78 Å². The van der Waals surface area contributed by atoms with Gasteiger partial charge in [-0.15, -0.1) is 5.10 Å². The number of hydrogen-bond acceptors (Lipinski definition) is 3. The smallest absolute Gasteiger partial charge is 0.193 e. The van der Waals surface area contributed by atoms with Crippen molar-refractivity contribution in [2.24, 2.45) is 0 Å². The van der Waals surface area contributed by atoms with Crippen LogP contribution < -0.4 is 0 Å². The van der Waals surface area contributed by atoms with E-state index in [9.17, 15) is 4.79 Å². The molecular formula is C6H5BrN2O. The Morgan fingerprint density at radius 3 is 3.00 bits per heavy atom. The molecule has 0 saturated heterocycles. The number of halogens is 1. The van der Waals surface area contributed by atoms with Crippen LogP contribution in [0.2, 0.25) is 0 Å². The third kappa shape index (κ3) is 1.60. The Morgan fingerprint density at radius 2 is 2.50 bits per heavy atom. The Morgan fingerprint density at radius 1 is 1.70 bits per heavy atom. The van der Waals surface area contributed by atoms with Gasteiger partial charge >= 0.3 is 0 Å². The molecule has 52 valence electrons. The summed E-state index contributed by atoms with van der Waals surface area (Å²) in [6.07, 6.45) is 1.53. The van der Waals surface area contributed by atoms with Crippen molar-refractivity contribution in [3.63, 3.8) is 0 Å². The fraction of sp³-hybridized carbons (Fsp3) is 0.167. The van der Waals surface area contributed by atoms with Crippen LogP contribution in [-0.2, 0) is 0 Å². The highest BCUT2D eigenvalue weighted by Gasteiger charge is 2.02. The van der Waals surface area contributed by atoms with E-state index in [0.717, 1.165) is 0 Å². The first-order valence-corrected chi connectivity index (χ1v) is 3.83. The minimum Gasteiger partial charge on any atom is -0.291 e. The van der Waals surface area contributed by atoms with Crippen molar-refractivity contribution >= 4 is 21.7 Å². The number of alkyl halides is 1. The van der Waals surface area contributed by atoms with Crippen LogP contribution in [0.15, 0.2) is 18.3 Å². The van der Waals surface area contributed by atoms with Crippen molar-refractivity contribution in [3.8, 4) is 0 Å². The summed E-state index contributed by atoms with van der Waals surface area (Å²) in [6, 6.07) is 3.32. The van der Waals surface area contributed by atoms with Crippen molar-refractivity contribution in [2.75, 3.05) is 5.33 Å². The van der Waals surface area contributed by atoms with Crippen LogP contribution in [0, 0.1) is 0 Å². The highest BCUT2D eigenvalue weighted by molar-refractivity contribution is 9.09. The van der Waals surface area contributed by atoms with Gasteiger partial charge in [0.1, 0.15) is 5.69 Å². The number of carbonyl (C=O) groups is 1. The molecule has 0 aliphatic carbocycles. The van der Waals surface area contributed by atoms with Crippen molar-refractivity contribution in [1.82, 2.24) is 10.2 Å². The van der Waals surface area contributed by atoms with Gasteiger partial charge in [-0.25, -0.2) is 0 Å². The van der Waals surface area contributed by atoms with E-state index in [-0.39, 0.29) is 5.78 Å². The third-order valence-corrected chi connectivity index (χ3v) is 1.49. The first-order valence-electron chi connectivity index (χ1n) is 2.71. The second-order valence-corrected chi connectivity index (χ2v) is 2.23. The fourth-order valence-electron chi connectivity index (χ4n) is 0.519. The summed E-state index contributed by atoms with van der Waals surface area (Å²) in [6.45, 7) is 0. The Balaban J connectivity index is 2.85. The van der Waals surface area contributed by atoms with Crippen LogP contribution in [-0.4, -0.2) is 21.3 Å². The Hall–Kier alpha value is -0.770. The summed E-state index contributed by atoms with van der Waals surface area (Å²) in [5.41, 5.74) is 0.402. The lowest BCUT2D eigenvalue weighted by Crippen LogP contribution is -2.03. The van der Waals surface area contributed by atoms with Crippen LogP contribution in [0.5, 0.6) is 0 Å². The second-order valence-electron chi connectivity index (χ2n) is 1.67. The molecule has 0 aromatic carbocycles. The first kappa shape index (κ1) is 7.34. The zero-order valence-electron chi connectivity index (χ0n) is 5.12. The summed E-state index contributed by atoms with van der Waals surface area (Å²) in [4.78, 5) is 10.9. The van der Waals surface area contributed by atoms with Gasteiger partial charge in [-0.2, -0.15) is 5.10 Å². The molecule has 0 amide bonds. The van der Waals surface area contributed by atoms with Gasteiger partial charge < -0.3 is 0 Å². The number of carbonyl (C=O) groups excluding carboxylic acids is 1. The van der Waals surface area contributed by atoms with E-state index in [1.165, 1.54) is 6.20 Å². The molecule has 0 saturated carbocycles. The Bertz CT molecular complexity index is 224. The Kier molecular flexibility index (Phi) is 2.50. The van der Waals surface area contributed by atoms with Gasteiger partial charge in [0.05, 0.1) is 5.33 Å². The molecule has 4 heteroatoms. The van der Waals surface area contributed by atoms with Crippen molar-refractivity contribution in [1.29, 1.82) is 0 Å². The Labute approximate surface area is 66.6 Å². The lowest BCUT2D eigenvalue weighted by Gasteiger charge is -1.90. The molecule has 0 unspecified atom stereocenters. The molecule has 0 bridgehead atoms. The fourth-order valence-corrected chi connectivity index (χ4v) is 0.806. The second kappa shape index (κ2) is 3.41. The van der Waals surface area contributed by atoms with Crippen LogP contribution >= 0.6 is 15.9 Å². The summed E-state index contributed by atoms with van der Waals surface area (Å²) in [5, 5.41) is 7.48. The largest absolute Gasteiger partial charge is 0.291 e. The number of nitrogens with zero attached hydrogens (tertiary/aromatic N) is 2. The van der Waals surface area contributed by atoms with E-state index in [4.69, 9.17) is 0 Å². The maximum atomic E-state index is 10.9. The molecule has 0 fully saturated rings. The molecule has 0 spiro atoms. The monoisotopic (exact) mass is 200 g/mol. The predicted octanol–water partition coefficient (Wildman–Crippen LogP) is 1.05. The van der Waals surface area contributed by atoms with Gasteiger partial charge in [-0.1, -0.05) is 15.9 Å². The highest BCUT2D eigenvalue weighted by Crippen LogP contribution is 1.95. The van der Waals surface area contributed by atoms with Crippen LogP contribution in [0.1, 0.15) is 10.5 Å². The summed E-state index contributed by atoms with van der Waals surface area (Å²) < 4.78 is 0. The lowest BCUT2D eigenvalue weighted by atomic mass is 10.3. The molecule has 0 aliphatic heterocycles. The van der Waals surface area contributed by atoms with E-state index in [0.29, 0.717) is 11.0 Å². The van der Waals surface area contributed by atoms with Crippen LogP contribution in [0.3, 0.4) is 0 Å². The van der Waals surface area contributed by atoms with E-state index < -0.39 is 0 Å². The number of ketones is 1. The molecule has 1 aromatic heterocycles. The quantitative estimate of drug-likeness (QED) is 0.530. The summed E-state index contributed by atoms with van der Waals surface area (Å²) in [7, 11) is 0. The zero-order valence-corrected chi connectivity index (χ0v) is 6.71. The first-order chi connectivity index (χ1) is 4.84. The molecule has 1 rings (SSSR count). The van der Waals surface area contributed by atoms with Crippen molar-refractivity contribution < 1.29 is 4.79 Å². The molecule has 3 nitrogen and oxygen atoms in total. The van der Waals surface area contributed by atoms with Crippen molar-refractivity contribution in [2.45, 2.75) is 0 Å².